The van der Waals surface area contributed by atoms with E-state index in [2.05, 4.69) is 6.07 Å². The number of furan rings is 1. The van der Waals surface area contributed by atoms with Gasteiger partial charge in [0.05, 0.1) is 11.0 Å². The van der Waals surface area contributed by atoms with E-state index in [1.54, 1.807) is 6.07 Å². The second-order valence-corrected chi connectivity index (χ2v) is 11.8. The van der Waals surface area contributed by atoms with Crippen LogP contribution in [0.25, 0.3) is 98.4 Å². The monoisotopic (exact) mass is 604 g/mol. The van der Waals surface area contributed by atoms with Crippen molar-refractivity contribution in [3.05, 3.63) is 170 Å². The van der Waals surface area contributed by atoms with Gasteiger partial charge >= 0.3 is 0 Å². The molecule has 0 amide bonds. The van der Waals surface area contributed by atoms with E-state index in [1.165, 1.54) is 0 Å². The maximum absolute atomic E-state index is 9.49. The first kappa shape index (κ1) is 19.4. The van der Waals surface area contributed by atoms with Crippen molar-refractivity contribution in [2.75, 3.05) is 0 Å². The Bertz CT molecular complexity index is 3220. The molecule has 9 aromatic carbocycles. The zero-order valence-electron chi connectivity index (χ0n) is 33.0. The minimum Gasteiger partial charge on any atom is -0.456 e. The number of rotatable bonds is 3. The Balaban J connectivity index is 1.44. The Labute approximate surface area is 283 Å². The van der Waals surface area contributed by atoms with Crippen LogP contribution < -0.4 is 0 Å². The fourth-order valence-electron chi connectivity index (χ4n) is 7.20. The number of hydrogen-bond acceptors (Lipinski definition) is 1. The van der Waals surface area contributed by atoms with Gasteiger partial charge in [0, 0.05) is 10.8 Å². The van der Waals surface area contributed by atoms with Gasteiger partial charge in [0.2, 0.25) is 0 Å². The second-order valence-electron chi connectivity index (χ2n) is 11.8. The minimum absolute atomic E-state index is 0.166. The van der Waals surface area contributed by atoms with Crippen molar-refractivity contribution in [2.45, 2.75) is 0 Å². The molecule has 0 fully saturated rings. The molecule has 0 aliphatic rings. The van der Waals surface area contributed by atoms with Gasteiger partial charge in [0.25, 0.3) is 0 Å². The molecule has 0 unspecified atom stereocenters. The Kier molecular flexibility index (Phi) is 4.19. The number of hydrogen-bond donors (Lipinski definition) is 0. The molecule has 0 atom stereocenters. The van der Waals surface area contributed by atoms with Crippen LogP contribution >= 0.6 is 0 Å². The van der Waals surface area contributed by atoms with Gasteiger partial charge in [0.15, 0.2) is 0 Å². The molecule has 47 heavy (non-hydrogen) atoms. The van der Waals surface area contributed by atoms with E-state index >= 15 is 0 Å². The van der Waals surface area contributed by atoms with E-state index in [4.69, 9.17) is 9.90 Å². The molecule has 0 aliphatic carbocycles. The Hall–Kier alpha value is -6.18. The molecule has 0 saturated heterocycles. The summed E-state index contributed by atoms with van der Waals surface area (Å²) < 4.78 is 80.0. The van der Waals surface area contributed by atoms with E-state index < -0.39 is 24.2 Å². The number of fused-ring (bicyclic) bond motifs is 7. The van der Waals surface area contributed by atoms with Crippen LogP contribution in [0.1, 0.15) is 11.0 Å². The lowest BCUT2D eigenvalue weighted by Crippen LogP contribution is -1.92. The standard InChI is InChI=1S/C46H28O/c1-2-12-29(13-3-1)32-24-25-34-33(26-32)16-10-21-35(34)44-36-17-6-8-19-38(36)45(39-20-9-7-18-37(39)44)40-22-11-23-42-46(40)41-27-30-14-4-5-15-31(30)28-43(41)47-42/h1-28H/i6D,7D,8D,9D,17D,18D,19D,20D. The molecule has 10 aromatic rings. The van der Waals surface area contributed by atoms with Crippen molar-refractivity contribution < 1.29 is 15.4 Å². The average Bonchev–Trinajstić information content (AvgIpc) is 3.59. The van der Waals surface area contributed by atoms with Crippen LogP contribution in [0.5, 0.6) is 0 Å². The van der Waals surface area contributed by atoms with Gasteiger partial charge in [-0.25, -0.2) is 0 Å². The third-order valence-electron chi connectivity index (χ3n) is 9.26. The van der Waals surface area contributed by atoms with Gasteiger partial charge < -0.3 is 4.42 Å². The summed E-state index contributed by atoms with van der Waals surface area (Å²) in [7, 11) is 0. The third kappa shape index (κ3) is 3.97. The van der Waals surface area contributed by atoms with E-state index in [0.29, 0.717) is 38.8 Å². The summed E-state index contributed by atoms with van der Waals surface area (Å²) in [4.78, 5) is 0. The van der Waals surface area contributed by atoms with Gasteiger partial charge in [0.1, 0.15) is 11.2 Å². The van der Waals surface area contributed by atoms with E-state index in [-0.39, 0.29) is 45.7 Å². The fourth-order valence-corrected chi connectivity index (χ4v) is 7.20. The van der Waals surface area contributed by atoms with E-state index in [9.17, 15) is 5.48 Å². The molecule has 1 heteroatoms. The van der Waals surface area contributed by atoms with Crippen molar-refractivity contribution >= 4 is 65.0 Å². The lowest BCUT2D eigenvalue weighted by molar-refractivity contribution is 0.669. The number of benzene rings is 9. The highest BCUT2D eigenvalue weighted by molar-refractivity contribution is 6.27. The summed E-state index contributed by atoms with van der Waals surface area (Å²) >= 11 is 0. The molecule has 0 bridgehead atoms. The maximum atomic E-state index is 9.49. The minimum atomic E-state index is -0.439. The first-order valence-electron chi connectivity index (χ1n) is 19.5. The fraction of sp³-hybridized carbons (Fsp3) is 0. The lowest BCUT2D eigenvalue weighted by Gasteiger charge is -2.19. The van der Waals surface area contributed by atoms with Crippen LogP contribution in [-0.2, 0) is 0 Å². The highest BCUT2D eigenvalue weighted by Gasteiger charge is 2.21. The van der Waals surface area contributed by atoms with Crippen LogP contribution in [0.2, 0.25) is 0 Å². The average molecular weight is 605 g/mol. The maximum Gasteiger partial charge on any atom is 0.136 e. The molecule has 10 rings (SSSR count). The summed E-state index contributed by atoms with van der Waals surface area (Å²) in [6.07, 6.45) is 0. The predicted octanol–water partition coefficient (Wildman–Crippen LogP) is 13.2. The van der Waals surface area contributed by atoms with Gasteiger partial charge in [-0.1, -0.05) is 145 Å². The van der Waals surface area contributed by atoms with Crippen LogP contribution in [0, 0.1) is 0 Å². The van der Waals surface area contributed by atoms with Crippen LogP contribution in [-0.4, -0.2) is 0 Å². The summed E-state index contributed by atoms with van der Waals surface area (Å²) in [5, 5.41) is 5.74. The molecule has 218 valence electrons. The van der Waals surface area contributed by atoms with Crippen molar-refractivity contribution in [1.82, 2.24) is 0 Å². The zero-order valence-corrected chi connectivity index (χ0v) is 25.0. The zero-order chi connectivity index (χ0) is 37.9. The van der Waals surface area contributed by atoms with Gasteiger partial charge in [-0.15, -0.1) is 0 Å². The molecule has 0 aliphatic heterocycles. The lowest BCUT2D eigenvalue weighted by atomic mass is 9.83. The van der Waals surface area contributed by atoms with Crippen molar-refractivity contribution in [1.29, 1.82) is 0 Å². The molecule has 1 heterocycles. The van der Waals surface area contributed by atoms with Crippen molar-refractivity contribution in [3.8, 4) is 33.4 Å². The normalized spacial score (nSPS) is 14.2. The van der Waals surface area contributed by atoms with Crippen molar-refractivity contribution in [3.63, 3.8) is 0 Å². The Morgan fingerprint density at radius 1 is 0.383 bits per heavy atom. The first-order valence-corrected chi connectivity index (χ1v) is 15.5. The van der Waals surface area contributed by atoms with Gasteiger partial charge in [-0.3, -0.25) is 0 Å². The largest absolute Gasteiger partial charge is 0.456 e. The first-order chi connectivity index (χ1) is 26.6. The van der Waals surface area contributed by atoms with Gasteiger partial charge in [-0.2, -0.15) is 0 Å². The molecule has 0 saturated carbocycles. The molecule has 0 radical (unpaired) electrons. The highest BCUT2D eigenvalue weighted by Crippen LogP contribution is 2.48. The van der Waals surface area contributed by atoms with Crippen LogP contribution in [0.4, 0.5) is 0 Å². The molecule has 1 aromatic heterocycles. The van der Waals surface area contributed by atoms with E-state index in [1.807, 2.05) is 109 Å². The third-order valence-corrected chi connectivity index (χ3v) is 9.26. The summed E-state index contributed by atoms with van der Waals surface area (Å²) in [5.41, 5.74) is 4.93. The molecular formula is C46H28O. The predicted molar refractivity (Wildman–Crippen MR) is 200 cm³/mol. The summed E-state index contributed by atoms with van der Waals surface area (Å²) in [5.74, 6) is 0. The van der Waals surface area contributed by atoms with E-state index in [0.717, 1.165) is 38.1 Å². The molecule has 1 nitrogen and oxygen atoms in total. The van der Waals surface area contributed by atoms with Crippen molar-refractivity contribution in [2.24, 2.45) is 0 Å². The van der Waals surface area contributed by atoms with Gasteiger partial charge in [-0.05, 0) is 101 Å². The Morgan fingerprint density at radius 2 is 0.979 bits per heavy atom. The summed E-state index contributed by atoms with van der Waals surface area (Å²) in [6.45, 7) is 0. The molecular weight excluding hydrogens is 569 g/mol. The highest BCUT2D eigenvalue weighted by atomic mass is 16.3. The Morgan fingerprint density at radius 3 is 1.70 bits per heavy atom. The summed E-state index contributed by atoms with van der Waals surface area (Å²) in [6, 6.07) is 36.2. The smallest absolute Gasteiger partial charge is 0.136 e. The topological polar surface area (TPSA) is 13.1 Å². The quantitative estimate of drug-likeness (QED) is 0.183. The van der Waals surface area contributed by atoms with Crippen LogP contribution in [0.15, 0.2) is 174 Å². The van der Waals surface area contributed by atoms with Crippen LogP contribution in [0.3, 0.4) is 0 Å². The SMILES string of the molecule is [2H]c1c([2H])c([2H])c2c(-c3cccc4oc5cc6ccccc6cc5c34)c3c([2H])c([2H])c([2H])c([2H])c3c(-c3cccc4cc(-c5ccccc5)ccc34)c2c1[2H]. The molecule has 0 N–H and O–H groups in total. The second kappa shape index (κ2) is 10.2. The molecule has 0 spiro atoms.